The van der Waals surface area contributed by atoms with E-state index in [-0.39, 0.29) is 23.7 Å². The molecular formula is C12H19ClN2O4S. The lowest BCUT2D eigenvalue weighted by Crippen LogP contribution is -2.28. The summed E-state index contributed by atoms with van der Waals surface area (Å²) in [5.74, 6) is 0. The molecule has 0 spiro atoms. The molecule has 0 fully saturated rings. The zero-order chi connectivity index (χ0) is 15.2. The van der Waals surface area contributed by atoms with E-state index in [9.17, 15) is 8.42 Å². The van der Waals surface area contributed by atoms with Gasteiger partial charge in [0.25, 0.3) is 0 Å². The zero-order valence-electron chi connectivity index (χ0n) is 11.5. The molecule has 0 radical (unpaired) electrons. The Morgan fingerprint density at radius 2 is 2.00 bits per heavy atom. The molecule has 0 saturated heterocycles. The maximum Gasteiger partial charge on any atom is 0.240 e. The predicted octanol–water partition coefficient (Wildman–Crippen LogP) is 1.17. The number of sulfonamides is 1. The maximum absolute atomic E-state index is 12.0. The van der Waals surface area contributed by atoms with E-state index in [2.05, 4.69) is 4.72 Å². The summed E-state index contributed by atoms with van der Waals surface area (Å²) >= 11 is 5.90. The number of anilines is 1. The summed E-state index contributed by atoms with van der Waals surface area (Å²) < 4.78 is 36.5. The van der Waals surface area contributed by atoms with Crippen molar-refractivity contribution in [3.63, 3.8) is 0 Å². The largest absolute Gasteiger partial charge is 0.397 e. The fraction of sp³-hybridized carbons (Fsp3) is 0.500. The van der Waals surface area contributed by atoms with Crippen LogP contribution in [0.5, 0.6) is 0 Å². The van der Waals surface area contributed by atoms with Crippen molar-refractivity contribution in [2.24, 2.45) is 0 Å². The highest BCUT2D eigenvalue weighted by atomic mass is 35.5. The number of hydrogen-bond acceptors (Lipinski definition) is 5. The Morgan fingerprint density at radius 1 is 1.30 bits per heavy atom. The Labute approximate surface area is 124 Å². The summed E-state index contributed by atoms with van der Waals surface area (Å²) in [6, 6.07) is 2.82. The van der Waals surface area contributed by atoms with Crippen molar-refractivity contribution < 1.29 is 17.9 Å². The predicted molar refractivity (Wildman–Crippen MR) is 78.5 cm³/mol. The van der Waals surface area contributed by atoms with Crippen molar-refractivity contribution in [1.82, 2.24) is 4.72 Å². The molecule has 0 amide bonds. The van der Waals surface area contributed by atoms with Crippen LogP contribution in [0.25, 0.3) is 0 Å². The third kappa shape index (κ3) is 4.92. The van der Waals surface area contributed by atoms with Gasteiger partial charge in [-0.2, -0.15) is 0 Å². The van der Waals surface area contributed by atoms with Crippen molar-refractivity contribution in [3.05, 3.63) is 22.7 Å². The molecule has 0 unspecified atom stereocenters. The Morgan fingerprint density at radius 3 is 2.60 bits per heavy atom. The molecule has 1 aromatic rings. The third-order valence-corrected chi connectivity index (χ3v) is 4.49. The maximum atomic E-state index is 12.0. The lowest BCUT2D eigenvalue weighted by Gasteiger charge is -2.10. The van der Waals surface area contributed by atoms with Gasteiger partial charge < -0.3 is 15.2 Å². The highest BCUT2D eigenvalue weighted by molar-refractivity contribution is 7.89. The quantitative estimate of drug-likeness (QED) is 0.554. The Bertz CT molecular complexity index is 525. The second-order valence-electron chi connectivity index (χ2n) is 4.15. The van der Waals surface area contributed by atoms with Gasteiger partial charge in [-0.1, -0.05) is 11.6 Å². The smallest absolute Gasteiger partial charge is 0.240 e. The molecule has 0 aliphatic carbocycles. The normalized spacial score (nSPS) is 11.8. The van der Waals surface area contributed by atoms with Gasteiger partial charge in [-0.05, 0) is 24.6 Å². The number of nitrogens with one attached hydrogen (secondary N) is 1. The molecular weight excluding hydrogens is 304 g/mol. The van der Waals surface area contributed by atoms with E-state index in [4.69, 9.17) is 26.8 Å². The topological polar surface area (TPSA) is 90.6 Å². The van der Waals surface area contributed by atoms with E-state index < -0.39 is 10.0 Å². The molecule has 0 bridgehead atoms. The highest BCUT2D eigenvalue weighted by Gasteiger charge is 2.16. The van der Waals surface area contributed by atoms with Crippen LogP contribution in [0.1, 0.15) is 5.56 Å². The van der Waals surface area contributed by atoms with Crippen LogP contribution in [-0.4, -0.2) is 41.9 Å². The minimum atomic E-state index is -3.61. The van der Waals surface area contributed by atoms with Crippen LogP contribution >= 0.6 is 11.6 Å². The zero-order valence-corrected chi connectivity index (χ0v) is 13.1. The van der Waals surface area contributed by atoms with Gasteiger partial charge in [0, 0.05) is 13.7 Å². The third-order valence-electron chi connectivity index (χ3n) is 2.54. The average molecular weight is 323 g/mol. The fourth-order valence-corrected chi connectivity index (χ4v) is 2.74. The van der Waals surface area contributed by atoms with Gasteiger partial charge in [0.2, 0.25) is 10.0 Å². The van der Waals surface area contributed by atoms with E-state index in [0.717, 1.165) is 0 Å². The molecule has 3 N–H and O–H groups in total. The molecule has 1 rings (SSSR count). The van der Waals surface area contributed by atoms with E-state index in [1.165, 1.54) is 12.1 Å². The van der Waals surface area contributed by atoms with E-state index in [1.807, 2.05) is 0 Å². The summed E-state index contributed by atoms with van der Waals surface area (Å²) in [6.07, 6.45) is 0. The van der Waals surface area contributed by atoms with Crippen molar-refractivity contribution >= 4 is 27.3 Å². The minimum Gasteiger partial charge on any atom is -0.397 e. The summed E-state index contributed by atoms with van der Waals surface area (Å²) in [5, 5.41) is 0.367. The lowest BCUT2D eigenvalue weighted by molar-refractivity contribution is 0.0736. The van der Waals surface area contributed by atoms with Crippen LogP contribution in [0.4, 0.5) is 5.69 Å². The first-order valence-corrected chi connectivity index (χ1v) is 7.86. The van der Waals surface area contributed by atoms with Crippen LogP contribution in [0.3, 0.4) is 0 Å². The summed E-state index contributed by atoms with van der Waals surface area (Å²) in [5.41, 5.74) is 6.52. The van der Waals surface area contributed by atoms with Gasteiger partial charge in [0.1, 0.15) is 0 Å². The summed E-state index contributed by atoms with van der Waals surface area (Å²) in [6.45, 7) is 3.04. The van der Waals surface area contributed by atoms with Crippen LogP contribution in [0.2, 0.25) is 5.02 Å². The van der Waals surface area contributed by atoms with Gasteiger partial charge in [-0.15, -0.1) is 0 Å². The second-order valence-corrected chi connectivity index (χ2v) is 6.29. The first-order valence-electron chi connectivity index (χ1n) is 6.00. The molecule has 0 atom stereocenters. The van der Waals surface area contributed by atoms with Crippen molar-refractivity contribution in [2.45, 2.75) is 11.8 Å². The molecule has 8 heteroatoms. The van der Waals surface area contributed by atoms with Gasteiger partial charge in [0.15, 0.2) is 0 Å². The number of halogens is 1. The van der Waals surface area contributed by atoms with E-state index in [0.29, 0.717) is 23.8 Å². The highest BCUT2D eigenvalue weighted by Crippen LogP contribution is 2.26. The SMILES string of the molecule is COCCOCCNS(=O)(=O)c1cc(C)c(Cl)c(N)c1. The van der Waals surface area contributed by atoms with E-state index in [1.54, 1.807) is 14.0 Å². The minimum absolute atomic E-state index is 0.0915. The van der Waals surface area contributed by atoms with Gasteiger partial charge in [-0.3, -0.25) is 0 Å². The molecule has 0 saturated carbocycles. The first kappa shape index (κ1) is 17.2. The van der Waals surface area contributed by atoms with Crippen LogP contribution < -0.4 is 10.5 Å². The van der Waals surface area contributed by atoms with Gasteiger partial charge in [0.05, 0.1) is 35.4 Å². The number of hydrogen-bond donors (Lipinski definition) is 2. The van der Waals surface area contributed by atoms with Crippen LogP contribution in [0, 0.1) is 6.92 Å². The summed E-state index contributed by atoms with van der Waals surface area (Å²) in [4.78, 5) is 0.0915. The van der Waals surface area contributed by atoms with Gasteiger partial charge >= 0.3 is 0 Å². The number of rotatable bonds is 8. The average Bonchev–Trinajstić information content (AvgIpc) is 2.39. The van der Waals surface area contributed by atoms with Crippen LogP contribution in [-0.2, 0) is 19.5 Å². The number of benzene rings is 1. The lowest BCUT2D eigenvalue weighted by atomic mass is 10.2. The molecule has 114 valence electrons. The number of methoxy groups -OCH3 is 1. The summed E-state index contributed by atoms with van der Waals surface area (Å²) in [7, 11) is -2.05. The molecule has 0 aliphatic heterocycles. The molecule has 20 heavy (non-hydrogen) atoms. The Kier molecular flexibility index (Phi) is 6.70. The first-order chi connectivity index (χ1) is 9.38. The monoisotopic (exact) mass is 322 g/mol. The number of nitrogen functional groups attached to an aromatic ring is 1. The molecule has 0 aliphatic rings. The molecule has 0 aromatic heterocycles. The fourth-order valence-electron chi connectivity index (χ4n) is 1.49. The van der Waals surface area contributed by atoms with Crippen LogP contribution in [0.15, 0.2) is 17.0 Å². The number of aryl methyl sites for hydroxylation is 1. The molecule has 1 aromatic carbocycles. The molecule has 0 heterocycles. The van der Waals surface area contributed by atoms with E-state index >= 15 is 0 Å². The van der Waals surface area contributed by atoms with Gasteiger partial charge in [-0.25, -0.2) is 13.1 Å². The van der Waals surface area contributed by atoms with Crippen molar-refractivity contribution in [1.29, 1.82) is 0 Å². The number of nitrogens with two attached hydrogens (primary N) is 1. The second kappa shape index (κ2) is 7.80. The molecule has 6 nitrogen and oxygen atoms in total. The Hall–Kier alpha value is -0.860. The number of ether oxygens (including phenoxy) is 2. The van der Waals surface area contributed by atoms with Crippen molar-refractivity contribution in [3.8, 4) is 0 Å². The Balaban J connectivity index is 2.61. The standard InChI is InChI=1S/C12H19ClN2O4S/c1-9-7-10(8-11(14)12(9)13)20(16,17)15-3-4-19-6-5-18-2/h7-8,15H,3-6,14H2,1-2H3. The van der Waals surface area contributed by atoms with Crippen molar-refractivity contribution in [2.75, 3.05) is 39.2 Å².